The normalized spacial score (nSPS) is 12.3. The maximum atomic E-state index is 6.08. The Kier molecular flexibility index (Phi) is 2.40. The Hall–Kier alpha value is -0.800. The number of nitrogens with two attached hydrogens (primary N) is 1. The van der Waals surface area contributed by atoms with E-state index in [1.54, 1.807) is 0 Å². The highest BCUT2D eigenvalue weighted by Crippen LogP contribution is 2.29. The minimum absolute atomic E-state index is 0.288. The molecule has 0 radical (unpaired) electrons. The van der Waals surface area contributed by atoms with Crippen molar-refractivity contribution in [2.45, 2.75) is 19.4 Å². The Bertz CT molecular complexity index is 506. The second-order valence-electron chi connectivity index (χ2n) is 4.54. The van der Waals surface area contributed by atoms with Crippen molar-refractivity contribution >= 4 is 26.8 Å². The van der Waals surface area contributed by atoms with Crippen LogP contribution in [0, 0.1) is 0 Å². The minimum atomic E-state index is -0.288. The summed E-state index contributed by atoms with van der Waals surface area (Å²) in [6.45, 7) is 4.04. The molecule has 0 bridgehead atoms. The van der Waals surface area contributed by atoms with E-state index in [0.29, 0.717) is 0 Å². The Morgan fingerprint density at radius 2 is 2.00 bits per heavy atom. The molecule has 1 aromatic heterocycles. The van der Waals surface area contributed by atoms with Crippen molar-refractivity contribution in [3.8, 4) is 0 Å². The molecule has 0 amide bonds. The summed E-state index contributed by atoms with van der Waals surface area (Å²) < 4.78 is 3.22. The van der Waals surface area contributed by atoms with E-state index in [1.165, 1.54) is 10.9 Å². The lowest BCUT2D eigenvalue weighted by Gasteiger charge is -2.19. The Morgan fingerprint density at radius 1 is 1.33 bits per heavy atom. The average molecular weight is 267 g/mol. The molecule has 0 fully saturated rings. The summed E-state index contributed by atoms with van der Waals surface area (Å²) in [4.78, 5) is 0. The molecule has 0 unspecified atom stereocenters. The summed E-state index contributed by atoms with van der Waals surface area (Å²) in [7, 11) is 2.04. The molecule has 0 atom stereocenters. The molecule has 3 heteroatoms. The van der Waals surface area contributed by atoms with Crippen LogP contribution in [-0.2, 0) is 12.6 Å². The molecule has 2 rings (SSSR count). The van der Waals surface area contributed by atoms with Crippen molar-refractivity contribution in [3.63, 3.8) is 0 Å². The van der Waals surface area contributed by atoms with E-state index in [2.05, 4.69) is 44.9 Å². The van der Waals surface area contributed by atoms with Gasteiger partial charge in [-0.2, -0.15) is 0 Å². The van der Waals surface area contributed by atoms with Gasteiger partial charge in [-0.1, -0.05) is 6.07 Å². The van der Waals surface area contributed by atoms with Gasteiger partial charge in [0.25, 0.3) is 0 Å². The van der Waals surface area contributed by atoms with E-state index < -0.39 is 0 Å². The van der Waals surface area contributed by atoms with Gasteiger partial charge in [-0.3, -0.25) is 0 Å². The third-order valence-corrected chi connectivity index (χ3v) is 3.32. The van der Waals surface area contributed by atoms with Crippen LogP contribution in [0.5, 0.6) is 0 Å². The number of hydrogen-bond donors (Lipinski definition) is 1. The van der Waals surface area contributed by atoms with Crippen LogP contribution >= 0.6 is 15.9 Å². The fourth-order valence-electron chi connectivity index (χ4n) is 1.74. The second kappa shape index (κ2) is 3.35. The van der Waals surface area contributed by atoms with Crippen LogP contribution in [0.25, 0.3) is 10.9 Å². The lowest BCUT2D eigenvalue weighted by Crippen LogP contribution is -2.28. The summed E-state index contributed by atoms with van der Waals surface area (Å²) in [5.41, 5.74) is 8.17. The summed E-state index contributed by atoms with van der Waals surface area (Å²) in [5, 5.41) is 1.22. The van der Waals surface area contributed by atoms with E-state index >= 15 is 0 Å². The van der Waals surface area contributed by atoms with E-state index in [-0.39, 0.29) is 5.54 Å². The van der Waals surface area contributed by atoms with Crippen LogP contribution in [0.4, 0.5) is 0 Å². The quantitative estimate of drug-likeness (QED) is 0.845. The van der Waals surface area contributed by atoms with Crippen LogP contribution < -0.4 is 5.73 Å². The van der Waals surface area contributed by atoms with E-state index in [0.717, 1.165) is 10.0 Å². The summed E-state index contributed by atoms with van der Waals surface area (Å²) in [6.07, 6.45) is 2.07. The SMILES string of the molecule is Cn1cc(Br)c2cc(C(C)(C)N)ccc21. The van der Waals surface area contributed by atoms with Gasteiger partial charge >= 0.3 is 0 Å². The lowest BCUT2D eigenvalue weighted by atomic mass is 9.95. The molecule has 0 saturated heterocycles. The standard InChI is InChI=1S/C12H15BrN2/c1-12(2,14)8-4-5-11-9(6-8)10(13)7-15(11)3/h4-7H,14H2,1-3H3. The highest BCUT2D eigenvalue weighted by atomic mass is 79.9. The van der Waals surface area contributed by atoms with Crippen molar-refractivity contribution in [2.75, 3.05) is 0 Å². The number of rotatable bonds is 1. The molecule has 0 aliphatic rings. The molecule has 2 N–H and O–H groups in total. The van der Waals surface area contributed by atoms with Gasteiger partial charge in [-0.25, -0.2) is 0 Å². The smallest absolute Gasteiger partial charge is 0.0489 e. The number of aromatic nitrogens is 1. The van der Waals surface area contributed by atoms with Crippen LogP contribution in [0.2, 0.25) is 0 Å². The first-order chi connectivity index (χ1) is 6.89. The predicted octanol–water partition coefficient (Wildman–Crippen LogP) is 3.13. The fourth-order valence-corrected chi connectivity index (χ4v) is 2.37. The maximum absolute atomic E-state index is 6.08. The molecule has 1 aromatic carbocycles. The van der Waals surface area contributed by atoms with Crippen molar-refractivity contribution in [2.24, 2.45) is 12.8 Å². The van der Waals surface area contributed by atoms with Crippen molar-refractivity contribution in [1.82, 2.24) is 4.57 Å². The van der Waals surface area contributed by atoms with Crippen molar-refractivity contribution < 1.29 is 0 Å². The Labute approximate surface area is 98.2 Å². The van der Waals surface area contributed by atoms with Gasteiger partial charge in [-0.05, 0) is 47.5 Å². The van der Waals surface area contributed by atoms with Crippen molar-refractivity contribution in [3.05, 3.63) is 34.4 Å². The first kappa shape index (κ1) is 10.7. The maximum Gasteiger partial charge on any atom is 0.0489 e. The number of hydrogen-bond acceptors (Lipinski definition) is 1. The van der Waals surface area contributed by atoms with Gasteiger partial charge in [0.2, 0.25) is 0 Å². The van der Waals surface area contributed by atoms with E-state index in [1.807, 2.05) is 20.9 Å². The molecule has 0 aliphatic carbocycles. The van der Waals surface area contributed by atoms with Gasteiger partial charge < -0.3 is 10.3 Å². The van der Waals surface area contributed by atoms with Crippen LogP contribution in [0.3, 0.4) is 0 Å². The van der Waals surface area contributed by atoms with Gasteiger partial charge in [0.05, 0.1) is 0 Å². The Morgan fingerprint density at radius 3 is 2.60 bits per heavy atom. The van der Waals surface area contributed by atoms with Gasteiger partial charge in [0.1, 0.15) is 0 Å². The van der Waals surface area contributed by atoms with Gasteiger partial charge in [0.15, 0.2) is 0 Å². The zero-order valence-corrected chi connectivity index (χ0v) is 10.8. The third kappa shape index (κ3) is 1.82. The van der Waals surface area contributed by atoms with Crippen LogP contribution in [-0.4, -0.2) is 4.57 Å². The van der Waals surface area contributed by atoms with Gasteiger partial charge in [0, 0.05) is 34.2 Å². The molecule has 2 aromatic rings. The summed E-state index contributed by atoms with van der Waals surface area (Å²) in [6, 6.07) is 6.36. The van der Waals surface area contributed by atoms with Crippen LogP contribution in [0.1, 0.15) is 19.4 Å². The van der Waals surface area contributed by atoms with Gasteiger partial charge in [-0.15, -0.1) is 0 Å². The zero-order valence-electron chi connectivity index (χ0n) is 9.21. The third-order valence-electron chi connectivity index (χ3n) is 2.68. The number of benzene rings is 1. The van der Waals surface area contributed by atoms with Crippen LogP contribution in [0.15, 0.2) is 28.9 Å². The Balaban J connectivity index is 2.71. The largest absolute Gasteiger partial charge is 0.349 e. The first-order valence-corrected chi connectivity index (χ1v) is 5.73. The molecule has 0 saturated carbocycles. The molecular weight excluding hydrogens is 252 g/mol. The van der Waals surface area contributed by atoms with E-state index in [4.69, 9.17) is 5.73 Å². The zero-order chi connectivity index (χ0) is 11.2. The predicted molar refractivity (Wildman–Crippen MR) is 67.8 cm³/mol. The number of nitrogens with zero attached hydrogens (tertiary/aromatic N) is 1. The minimum Gasteiger partial charge on any atom is -0.349 e. The topological polar surface area (TPSA) is 30.9 Å². The molecule has 1 heterocycles. The van der Waals surface area contributed by atoms with Crippen molar-refractivity contribution in [1.29, 1.82) is 0 Å². The lowest BCUT2D eigenvalue weighted by molar-refractivity contribution is 0.555. The molecular formula is C12H15BrN2. The molecule has 0 spiro atoms. The number of halogens is 1. The number of aryl methyl sites for hydroxylation is 1. The summed E-state index contributed by atoms with van der Waals surface area (Å²) >= 11 is 3.56. The first-order valence-electron chi connectivity index (χ1n) is 4.93. The summed E-state index contributed by atoms with van der Waals surface area (Å²) in [5.74, 6) is 0. The second-order valence-corrected chi connectivity index (χ2v) is 5.40. The highest BCUT2D eigenvalue weighted by Gasteiger charge is 2.15. The monoisotopic (exact) mass is 266 g/mol. The molecule has 15 heavy (non-hydrogen) atoms. The number of fused-ring (bicyclic) bond motifs is 1. The van der Waals surface area contributed by atoms with E-state index in [9.17, 15) is 0 Å². The molecule has 0 aliphatic heterocycles. The molecule has 80 valence electrons. The molecule has 2 nitrogen and oxygen atoms in total. The fraction of sp³-hybridized carbons (Fsp3) is 0.333. The average Bonchev–Trinajstić information content (AvgIpc) is 2.41. The highest BCUT2D eigenvalue weighted by molar-refractivity contribution is 9.10.